The molecule has 13 nitrogen and oxygen atoms in total. The van der Waals surface area contributed by atoms with Crippen LogP contribution in [0.3, 0.4) is 0 Å². The Hall–Kier alpha value is -2.32. The van der Waals surface area contributed by atoms with Gasteiger partial charge in [0.2, 0.25) is 0 Å². The van der Waals surface area contributed by atoms with Gasteiger partial charge in [-0.05, 0) is 0 Å². The molecule has 10 N–H and O–H groups in total. The number of rotatable bonds is 6. The van der Waals surface area contributed by atoms with Crippen molar-refractivity contribution in [2.45, 2.75) is 24.4 Å². The van der Waals surface area contributed by atoms with Crippen molar-refractivity contribution in [2.75, 3.05) is 0 Å². The molecule has 13 heteroatoms. The molecular formula is C8H14O13. The average molecular weight is 318 g/mol. The zero-order valence-electron chi connectivity index (χ0n) is 10.0. The largest absolute Gasteiger partial charge is 0.479 e. The highest BCUT2D eigenvalue weighted by Gasteiger charge is 2.30. The lowest BCUT2D eigenvalue weighted by molar-refractivity contribution is -0.165. The third-order valence-electron chi connectivity index (χ3n) is 1.61. The van der Waals surface area contributed by atoms with Crippen LogP contribution in [0.4, 0.5) is 0 Å². The van der Waals surface area contributed by atoms with Crippen LogP contribution in [0.2, 0.25) is 0 Å². The van der Waals surface area contributed by atoms with Crippen LogP contribution in [0.5, 0.6) is 0 Å². The summed E-state index contributed by atoms with van der Waals surface area (Å²) in [5.41, 5.74) is 0. The van der Waals surface area contributed by atoms with Crippen LogP contribution in [0.25, 0.3) is 0 Å². The van der Waals surface area contributed by atoms with Gasteiger partial charge in [0.05, 0.1) is 0 Å². The van der Waals surface area contributed by atoms with Gasteiger partial charge in [0.1, 0.15) is 0 Å². The van der Waals surface area contributed by atoms with Crippen molar-refractivity contribution in [3.05, 3.63) is 0 Å². The highest BCUT2D eigenvalue weighted by molar-refractivity contribution is 5.83. The van der Waals surface area contributed by atoms with E-state index in [-0.39, 0.29) is 5.48 Å². The minimum absolute atomic E-state index is 0. The molecule has 0 rings (SSSR count). The highest BCUT2D eigenvalue weighted by atomic mass is 16.4. The van der Waals surface area contributed by atoms with Gasteiger partial charge >= 0.3 is 23.9 Å². The summed E-state index contributed by atoms with van der Waals surface area (Å²) in [6, 6.07) is 0. The van der Waals surface area contributed by atoms with E-state index in [1.54, 1.807) is 0 Å². The van der Waals surface area contributed by atoms with Crippen molar-refractivity contribution in [3.63, 3.8) is 0 Å². The van der Waals surface area contributed by atoms with Crippen LogP contribution in [0, 0.1) is 0 Å². The maximum atomic E-state index is 9.77. The zero-order valence-corrected chi connectivity index (χ0v) is 10.0. The van der Waals surface area contributed by atoms with Gasteiger partial charge in [-0.25, -0.2) is 19.2 Å². The SMILES string of the molecule is O.O=C(O)C(O)C(O)C(=O)O.O=C(O)C(O)C(O)C(=O)O. The second-order valence-electron chi connectivity index (χ2n) is 3.13. The lowest BCUT2D eigenvalue weighted by Gasteiger charge is -2.07. The number of carboxylic acid groups (broad SMARTS) is 4. The number of hydrogen-bond acceptors (Lipinski definition) is 8. The monoisotopic (exact) mass is 318 g/mol. The fourth-order valence-corrected chi connectivity index (χ4v) is 0.540. The predicted octanol–water partition coefficient (Wildman–Crippen LogP) is -5.07. The molecule has 4 unspecified atom stereocenters. The molecule has 0 aromatic heterocycles. The van der Waals surface area contributed by atoms with Gasteiger partial charge in [0.15, 0.2) is 24.4 Å². The molecular weight excluding hydrogens is 304 g/mol. The standard InChI is InChI=1S/2C4H6O6.H2O/c2*5-1(3(7)8)2(6)4(9)10;/h2*1-2,5-6H,(H,7,8)(H,9,10);1H2. The van der Waals surface area contributed by atoms with E-state index in [1.807, 2.05) is 0 Å². The molecule has 0 bridgehead atoms. The summed E-state index contributed by atoms with van der Waals surface area (Å²) in [6.45, 7) is 0. The number of hydrogen-bond donors (Lipinski definition) is 8. The lowest BCUT2D eigenvalue weighted by Crippen LogP contribution is -2.39. The third-order valence-corrected chi connectivity index (χ3v) is 1.61. The molecule has 0 amide bonds. The zero-order chi connectivity index (χ0) is 16.6. The molecule has 0 saturated heterocycles. The van der Waals surface area contributed by atoms with E-state index in [0.717, 1.165) is 0 Å². The molecule has 0 aromatic carbocycles. The van der Waals surface area contributed by atoms with Crippen LogP contribution in [0.1, 0.15) is 0 Å². The molecule has 0 aromatic rings. The van der Waals surface area contributed by atoms with Gasteiger partial charge in [-0.1, -0.05) is 0 Å². The Morgan fingerprint density at radius 2 is 0.571 bits per heavy atom. The molecule has 0 spiro atoms. The van der Waals surface area contributed by atoms with E-state index in [2.05, 4.69) is 0 Å². The predicted molar refractivity (Wildman–Crippen MR) is 58.2 cm³/mol. The van der Waals surface area contributed by atoms with Gasteiger partial charge < -0.3 is 46.3 Å². The lowest BCUT2D eigenvalue weighted by atomic mass is 10.2. The minimum Gasteiger partial charge on any atom is -0.479 e. The first-order valence-corrected chi connectivity index (χ1v) is 4.57. The molecule has 0 aliphatic heterocycles. The maximum Gasteiger partial charge on any atom is 0.335 e. The van der Waals surface area contributed by atoms with Crippen molar-refractivity contribution in [1.29, 1.82) is 0 Å². The van der Waals surface area contributed by atoms with Crippen LogP contribution in [0.15, 0.2) is 0 Å². The summed E-state index contributed by atoms with van der Waals surface area (Å²) in [4.78, 5) is 39.1. The molecule has 124 valence electrons. The normalized spacial score (nSPS) is 15.0. The summed E-state index contributed by atoms with van der Waals surface area (Å²) in [5.74, 6) is -7.07. The van der Waals surface area contributed by atoms with Gasteiger partial charge in [-0.3, -0.25) is 0 Å². The smallest absolute Gasteiger partial charge is 0.335 e. The average Bonchev–Trinajstić information content (AvgIpc) is 2.35. The Morgan fingerprint density at radius 1 is 0.476 bits per heavy atom. The summed E-state index contributed by atoms with van der Waals surface area (Å²) in [6.07, 6.45) is -9.06. The second kappa shape index (κ2) is 10.5. The number of aliphatic hydroxyl groups is 4. The third kappa shape index (κ3) is 9.25. The van der Waals surface area contributed by atoms with Gasteiger partial charge in [0, 0.05) is 0 Å². The summed E-state index contributed by atoms with van der Waals surface area (Å²) in [7, 11) is 0. The molecule has 4 atom stereocenters. The first kappa shape index (κ1) is 23.7. The van der Waals surface area contributed by atoms with E-state index in [9.17, 15) is 19.2 Å². The Balaban J connectivity index is -0.000000295. The topological polar surface area (TPSA) is 262 Å². The fourth-order valence-electron chi connectivity index (χ4n) is 0.540. The fraction of sp³-hybridized carbons (Fsp3) is 0.500. The quantitative estimate of drug-likeness (QED) is 0.228. The van der Waals surface area contributed by atoms with Gasteiger partial charge in [-0.2, -0.15) is 0 Å². The maximum absolute atomic E-state index is 9.77. The van der Waals surface area contributed by atoms with Crippen molar-refractivity contribution in [3.8, 4) is 0 Å². The van der Waals surface area contributed by atoms with E-state index in [4.69, 9.17) is 40.9 Å². The van der Waals surface area contributed by atoms with Gasteiger partial charge in [0.25, 0.3) is 0 Å². The number of carboxylic acids is 4. The van der Waals surface area contributed by atoms with Crippen molar-refractivity contribution >= 4 is 23.9 Å². The van der Waals surface area contributed by atoms with Crippen molar-refractivity contribution in [2.24, 2.45) is 0 Å². The van der Waals surface area contributed by atoms with E-state index in [0.29, 0.717) is 0 Å². The van der Waals surface area contributed by atoms with Crippen LogP contribution in [-0.2, 0) is 19.2 Å². The molecule has 0 radical (unpaired) electrons. The number of aliphatic carboxylic acids is 4. The minimum atomic E-state index is -2.27. The molecule has 0 aliphatic carbocycles. The second-order valence-corrected chi connectivity index (χ2v) is 3.13. The first-order valence-electron chi connectivity index (χ1n) is 4.57. The summed E-state index contributed by atoms with van der Waals surface area (Å²) in [5, 5.41) is 65.1. The van der Waals surface area contributed by atoms with Gasteiger partial charge in [-0.15, -0.1) is 0 Å². The van der Waals surface area contributed by atoms with E-state index in [1.165, 1.54) is 0 Å². The summed E-state index contributed by atoms with van der Waals surface area (Å²) >= 11 is 0. The van der Waals surface area contributed by atoms with E-state index < -0.39 is 48.3 Å². The number of carbonyl (C=O) groups is 4. The van der Waals surface area contributed by atoms with Crippen LogP contribution >= 0.6 is 0 Å². The number of aliphatic hydroxyl groups excluding tert-OH is 4. The molecule has 21 heavy (non-hydrogen) atoms. The Labute approximate surface area is 115 Å². The Morgan fingerprint density at radius 3 is 0.619 bits per heavy atom. The first-order chi connectivity index (χ1) is 8.93. The van der Waals surface area contributed by atoms with Crippen LogP contribution in [-0.4, -0.2) is 94.6 Å². The van der Waals surface area contributed by atoms with E-state index >= 15 is 0 Å². The van der Waals surface area contributed by atoms with Crippen LogP contribution < -0.4 is 0 Å². The Bertz CT molecular complexity index is 304. The Kier molecular flexibility index (Phi) is 11.8. The highest BCUT2D eigenvalue weighted by Crippen LogP contribution is 1.93. The summed E-state index contributed by atoms with van der Waals surface area (Å²) < 4.78 is 0. The molecule has 0 aliphatic rings. The molecule has 0 saturated carbocycles. The molecule has 0 fully saturated rings. The van der Waals surface area contributed by atoms with Crippen molar-refractivity contribution < 1.29 is 65.5 Å². The molecule has 0 heterocycles. The van der Waals surface area contributed by atoms with Crippen molar-refractivity contribution in [1.82, 2.24) is 0 Å².